The molecule has 1 aliphatic heterocycles. The van der Waals surface area contributed by atoms with Crippen molar-refractivity contribution >= 4 is 56.3 Å². The number of ether oxygens (including phenoxy) is 1. The molecule has 1 aromatic heterocycles. The van der Waals surface area contributed by atoms with E-state index < -0.39 is 18.5 Å². The van der Waals surface area contributed by atoms with Crippen LogP contribution in [0.15, 0.2) is 18.2 Å². The Bertz CT molecular complexity index is 835. The molecule has 0 saturated heterocycles. The molecule has 0 amide bonds. The SMILES string of the molecule is O=C(O)COc1c(C(=O)O)sc2cc3ccc(Cl)sc-3c12. The van der Waals surface area contributed by atoms with Crippen LogP contribution in [0.4, 0.5) is 0 Å². The van der Waals surface area contributed by atoms with Gasteiger partial charge >= 0.3 is 11.9 Å². The molecule has 1 aliphatic carbocycles. The number of hydrogen-bond acceptors (Lipinski definition) is 5. The van der Waals surface area contributed by atoms with Crippen LogP contribution >= 0.6 is 34.3 Å². The maximum atomic E-state index is 11.3. The number of carboxylic acids is 2. The van der Waals surface area contributed by atoms with Crippen LogP contribution in [0, 0.1) is 0 Å². The fraction of sp³-hybridized carbons (Fsp3) is 0.0769. The summed E-state index contributed by atoms with van der Waals surface area (Å²) in [4.78, 5) is 22.8. The summed E-state index contributed by atoms with van der Waals surface area (Å²) < 4.78 is 6.51. The van der Waals surface area contributed by atoms with Crippen molar-refractivity contribution in [3.8, 4) is 16.2 Å². The van der Waals surface area contributed by atoms with E-state index in [0.717, 1.165) is 26.5 Å². The van der Waals surface area contributed by atoms with Crippen LogP contribution < -0.4 is 4.74 Å². The van der Waals surface area contributed by atoms with Crippen LogP contribution in [0.3, 0.4) is 0 Å². The second kappa shape index (κ2) is 5.18. The minimum atomic E-state index is -1.16. The zero-order valence-corrected chi connectivity index (χ0v) is 12.6. The number of carbonyl (C=O) groups is 2. The molecule has 2 aliphatic rings. The van der Waals surface area contributed by atoms with E-state index in [0.29, 0.717) is 9.72 Å². The molecule has 5 nitrogen and oxygen atoms in total. The molecule has 0 aromatic carbocycles. The predicted molar refractivity (Wildman–Crippen MR) is 81.4 cm³/mol. The second-order valence-electron chi connectivity index (χ2n) is 4.16. The largest absolute Gasteiger partial charge is 0.479 e. The molecular formula is C13H7ClO5S2. The lowest BCUT2D eigenvalue weighted by molar-refractivity contribution is -0.139. The molecule has 0 radical (unpaired) electrons. The Labute approximate surface area is 131 Å². The highest BCUT2D eigenvalue weighted by molar-refractivity contribution is 7.24. The van der Waals surface area contributed by atoms with Crippen LogP contribution in [0.2, 0.25) is 4.34 Å². The molecule has 3 rings (SSSR count). The van der Waals surface area contributed by atoms with Crippen molar-refractivity contribution < 1.29 is 24.5 Å². The van der Waals surface area contributed by atoms with Gasteiger partial charge in [0.15, 0.2) is 17.2 Å². The first-order valence-corrected chi connectivity index (χ1v) is 7.71. The standard InChI is InChI=1S/C13H7ClO5S2/c14-7-2-1-5-3-6-9(11(5)21-7)10(19-4-8(15)16)12(20-6)13(17)18/h1-3H,4H2,(H,15,16)(H,17,18). The highest BCUT2D eigenvalue weighted by Gasteiger charge is 2.25. The smallest absolute Gasteiger partial charge is 0.349 e. The van der Waals surface area contributed by atoms with Gasteiger partial charge in [-0.2, -0.15) is 0 Å². The molecule has 0 bridgehead atoms. The molecule has 8 heteroatoms. The zero-order valence-electron chi connectivity index (χ0n) is 10.3. The molecule has 1 aromatic rings. The molecular weight excluding hydrogens is 336 g/mol. The molecule has 2 heterocycles. The minimum absolute atomic E-state index is 0.00433. The molecule has 108 valence electrons. The van der Waals surface area contributed by atoms with Gasteiger partial charge in [0.2, 0.25) is 0 Å². The number of halogens is 1. The summed E-state index contributed by atoms with van der Waals surface area (Å²) in [6.45, 7) is -0.593. The maximum Gasteiger partial charge on any atom is 0.349 e. The van der Waals surface area contributed by atoms with E-state index in [1.165, 1.54) is 11.3 Å². The van der Waals surface area contributed by atoms with Crippen molar-refractivity contribution in [2.75, 3.05) is 6.61 Å². The van der Waals surface area contributed by atoms with Crippen molar-refractivity contribution in [3.63, 3.8) is 0 Å². The van der Waals surface area contributed by atoms with Gasteiger partial charge in [0.05, 0.1) is 9.72 Å². The summed E-state index contributed by atoms with van der Waals surface area (Å²) in [5.74, 6) is -2.21. The normalized spacial score (nSPS) is 11.1. The molecule has 0 spiro atoms. The zero-order chi connectivity index (χ0) is 15.1. The Morgan fingerprint density at radius 1 is 1.24 bits per heavy atom. The lowest BCUT2D eigenvalue weighted by atomic mass is 10.2. The van der Waals surface area contributed by atoms with Crippen molar-refractivity contribution in [3.05, 3.63) is 27.4 Å². The summed E-state index contributed by atoms with van der Waals surface area (Å²) in [5.41, 5.74) is 0.919. The molecule has 21 heavy (non-hydrogen) atoms. The van der Waals surface area contributed by atoms with Crippen molar-refractivity contribution in [1.29, 1.82) is 0 Å². The fourth-order valence-electron chi connectivity index (χ4n) is 2.03. The first-order valence-electron chi connectivity index (χ1n) is 5.70. The van der Waals surface area contributed by atoms with Crippen LogP contribution in [-0.2, 0) is 4.79 Å². The molecule has 0 atom stereocenters. The highest BCUT2D eigenvalue weighted by Crippen LogP contribution is 2.49. The maximum absolute atomic E-state index is 11.3. The number of hydrogen-bond donors (Lipinski definition) is 2. The van der Waals surface area contributed by atoms with Gasteiger partial charge in [0.1, 0.15) is 0 Å². The van der Waals surface area contributed by atoms with Gasteiger partial charge in [0.25, 0.3) is 0 Å². The van der Waals surface area contributed by atoms with Crippen LogP contribution in [-0.4, -0.2) is 28.8 Å². The first kappa shape index (κ1) is 14.1. The highest BCUT2D eigenvalue weighted by atomic mass is 35.5. The number of rotatable bonds is 4. The monoisotopic (exact) mass is 342 g/mol. The van der Waals surface area contributed by atoms with E-state index in [2.05, 4.69) is 0 Å². The molecule has 2 N–H and O–H groups in total. The van der Waals surface area contributed by atoms with Gasteiger partial charge in [-0.1, -0.05) is 17.7 Å². The third-order valence-corrected chi connectivity index (χ3v) is 5.23. The Hall–Kier alpha value is -1.83. The summed E-state index contributed by atoms with van der Waals surface area (Å²) in [7, 11) is 0. The number of carboxylic acid groups (broad SMARTS) is 2. The number of aliphatic carboxylic acids is 1. The van der Waals surface area contributed by atoms with Gasteiger partial charge in [-0.15, -0.1) is 22.7 Å². The van der Waals surface area contributed by atoms with Gasteiger partial charge in [-0.3, -0.25) is 0 Å². The second-order valence-corrected chi connectivity index (χ2v) is 6.89. The Balaban J connectivity index is 2.26. The van der Waals surface area contributed by atoms with Crippen molar-refractivity contribution in [2.24, 2.45) is 0 Å². The van der Waals surface area contributed by atoms with E-state index in [-0.39, 0.29) is 10.6 Å². The third-order valence-electron chi connectivity index (χ3n) is 2.80. The number of aromatic carboxylic acids is 1. The van der Waals surface area contributed by atoms with Gasteiger partial charge in [0, 0.05) is 9.58 Å². The minimum Gasteiger partial charge on any atom is -0.479 e. The van der Waals surface area contributed by atoms with Crippen LogP contribution in [0.5, 0.6) is 5.75 Å². The topological polar surface area (TPSA) is 83.8 Å². The van der Waals surface area contributed by atoms with Crippen LogP contribution in [0.25, 0.3) is 20.5 Å². The average Bonchev–Trinajstić information content (AvgIpc) is 2.92. The lowest BCUT2D eigenvalue weighted by Crippen LogP contribution is -2.10. The fourth-order valence-corrected chi connectivity index (χ4v) is 4.32. The molecule has 0 unspecified atom stereocenters. The Morgan fingerprint density at radius 3 is 2.67 bits per heavy atom. The number of thiophene rings is 1. The van der Waals surface area contributed by atoms with E-state index >= 15 is 0 Å². The number of fused-ring (bicyclic) bond motifs is 3. The van der Waals surface area contributed by atoms with Crippen LogP contribution in [0.1, 0.15) is 9.67 Å². The van der Waals surface area contributed by atoms with Gasteiger partial charge < -0.3 is 14.9 Å². The van der Waals surface area contributed by atoms with Crippen molar-refractivity contribution in [2.45, 2.75) is 0 Å². The van der Waals surface area contributed by atoms with Gasteiger partial charge in [-0.25, -0.2) is 9.59 Å². The molecule has 0 saturated carbocycles. The summed E-state index contributed by atoms with van der Waals surface area (Å²) in [6, 6.07) is 5.44. The van der Waals surface area contributed by atoms with E-state index in [1.54, 1.807) is 6.07 Å². The summed E-state index contributed by atoms with van der Waals surface area (Å²) >= 11 is 8.36. The van der Waals surface area contributed by atoms with E-state index in [4.69, 9.17) is 21.4 Å². The Kier molecular flexibility index (Phi) is 3.48. The Morgan fingerprint density at radius 2 is 2.00 bits per heavy atom. The quantitative estimate of drug-likeness (QED) is 0.751. The van der Waals surface area contributed by atoms with E-state index in [1.807, 2.05) is 12.1 Å². The molecule has 0 fully saturated rings. The van der Waals surface area contributed by atoms with Crippen molar-refractivity contribution in [1.82, 2.24) is 0 Å². The average molecular weight is 343 g/mol. The predicted octanol–water partition coefficient (Wildman–Crippen LogP) is 3.88. The van der Waals surface area contributed by atoms with E-state index in [9.17, 15) is 14.7 Å². The first-order chi connectivity index (χ1) is 9.97. The van der Waals surface area contributed by atoms with Gasteiger partial charge in [-0.05, 0) is 17.7 Å². The third kappa shape index (κ3) is 2.44. The lowest BCUT2D eigenvalue weighted by Gasteiger charge is -2.05. The summed E-state index contributed by atoms with van der Waals surface area (Å²) in [6.07, 6.45) is 0. The summed E-state index contributed by atoms with van der Waals surface area (Å²) in [5, 5.41) is 18.6.